The number of carbonyl (C=O) groups is 1. The zero-order chi connectivity index (χ0) is 15.4. The molecule has 0 bridgehead atoms. The monoisotopic (exact) mass is 279 g/mol. The predicted molar refractivity (Wildman–Crippen MR) is 80.0 cm³/mol. The SMILES string of the molecule is CCOC(=O)c1ccc(OC(C)(C)CC(C)(C)N)cc1. The number of esters is 1. The van der Waals surface area contributed by atoms with Crippen LogP contribution in [-0.4, -0.2) is 23.7 Å². The Kier molecular flexibility index (Phi) is 5.17. The Labute approximate surface area is 121 Å². The first-order chi connectivity index (χ1) is 9.13. The van der Waals surface area contributed by atoms with Crippen molar-refractivity contribution in [1.29, 1.82) is 0 Å². The van der Waals surface area contributed by atoms with E-state index in [4.69, 9.17) is 15.2 Å². The summed E-state index contributed by atoms with van der Waals surface area (Å²) < 4.78 is 10.9. The van der Waals surface area contributed by atoms with Crippen molar-refractivity contribution in [3.63, 3.8) is 0 Å². The molecule has 0 aromatic heterocycles. The van der Waals surface area contributed by atoms with Crippen LogP contribution in [0.25, 0.3) is 0 Å². The Hall–Kier alpha value is -1.55. The average molecular weight is 279 g/mol. The molecule has 0 aliphatic heterocycles. The topological polar surface area (TPSA) is 61.5 Å². The van der Waals surface area contributed by atoms with Crippen molar-refractivity contribution in [2.75, 3.05) is 6.61 Å². The summed E-state index contributed by atoms with van der Waals surface area (Å²) >= 11 is 0. The largest absolute Gasteiger partial charge is 0.488 e. The molecule has 1 rings (SSSR count). The van der Waals surface area contributed by atoms with Crippen LogP contribution in [-0.2, 0) is 4.74 Å². The molecule has 0 unspecified atom stereocenters. The summed E-state index contributed by atoms with van der Waals surface area (Å²) in [6.45, 7) is 10.1. The van der Waals surface area contributed by atoms with Crippen molar-refractivity contribution in [3.8, 4) is 5.75 Å². The average Bonchev–Trinajstić information content (AvgIpc) is 2.26. The van der Waals surface area contributed by atoms with Gasteiger partial charge in [0.15, 0.2) is 0 Å². The van der Waals surface area contributed by atoms with Crippen LogP contribution < -0.4 is 10.5 Å². The van der Waals surface area contributed by atoms with Gasteiger partial charge >= 0.3 is 5.97 Å². The third kappa shape index (κ3) is 5.61. The van der Waals surface area contributed by atoms with Crippen LogP contribution >= 0.6 is 0 Å². The van der Waals surface area contributed by atoms with E-state index in [2.05, 4.69) is 0 Å². The second-order valence-electron chi connectivity index (χ2n) is 6.27. The van der Waals surface area contributed by atoms with Gasteiger partial charge in [-0.15, -0.1) is 0 Å². The second-order valence-corrected chi connectivity index (χ2v) is 6.27. The van der Waals surface area contributed by atoms with E-state index in [1.54, 1.807) is 31.2 Å². The maximum atomic E-state index is 11.5. The van der Waals surface area contributed by atoms with Crippen LogP contribution in [0.15, 0.2) is 24.3 Å². The molecular formula is C16H25NO3. The third-order valence-electron chi connectivity index (χ3n) is 2.64. The van der Waals surface area contributed by atoms with Gasteiger partial charge in [-0.05, 0) is 58.9 Å². The Morgan fingerprint density at radius 3 is 2.15 bits per heavy atom. The van der Waals surface area contributed by atoms with E-state index in [9.17, 15) is 4.79 Å². The minimum Gasteiger partial charge on any atom is -0.488 e. The first kappa shape index (κ1) is 16.5. The van der Waals surface area contributed by atoms with Crippen molar-refractivity contribution in [2.45, 2.75) is 52.2 Å². The van der Waals surface area contributed by atoms with E-state index in [1.807, 2.05) is 27.7 Å². The molecule has 0 fully saturated rings. The summed E-state index contributed by atoms with van der Waals surface area (Å²) in [7, 11) is 0. The predicted octanol–water partition coefficient (Wildman–Crippen LogP) is 3.15. The summed E-state index contributed by atoms with van der Waals surface area (Å²) in [6.07, 6.45) is 0.722. The standard InChI is InChI=1S/C16H25NO3/c1-6-19-14(18)12-7-9-13(10-8-12)20-16(4,5)11-15(2,3)17/h7-10H,6,11,17H2,1-5H3. The molecule has 4 nitrogen and oxygen atoms in total. The van der Waals surface area contributed by atoms with Gasteiger partial charge in [-0.3, -0.25) is 0 Å². The van der Waals surface area contributed by atoms with Crippen LogP contribution in [0.4, 0.5) is 0 Å². The van der Waals surface area contributed by atoms with Crippen LogP contribution in [0.2, 0.25) is 0 Å². The highest BCUT2D eigenvalue weighted by Gasteiger charge is 2.27. The lowest BCUT2D eigenvalue weighted by atomic mass is 9.90. The molecule has 0 heterocycles. The van der Waals surface area contributed by atoms with E-state index in [1.165, 1.54) is 0 Å². The summed E-state index contributed by atoms with van der Waals surface area (Å²) in [6, 6.07) is 6.96. The number of nitrogens with two attached hydrogens (primary N) is 1. The minimum atomic E-state index is -0.371. The highest BCUT2D eigenvalue weighted by Crippen LogP contribution is 2.25. The van der Waals surface area contributed by atoms with Crippen LogP contribution in [0.1, 0.15) is 51.4 Å². The molecule has 4 heteroatoms. The lowest BCUT2D eigenvalue weighted by Crippen LogP contribution is -2.43. The number of carbonyl (C=O) groups excluding carboxylic acids is 1. The smallest absolute Gasteiger partial charge is 0.338 e. The van der Waals surface area contributed by atoms with E-state index in [0.29, 0.717) is 17.9 Å². The zero-order valence-corrected chi connectivity index (χ0v) is 13.0. The summed E-state index contributed by atoms with van der Waals surface area (Å²) in [5.41, 5.74) is 5.89. The van der Waals surface area contributed by atoms with Crippen molar-refractivity contribution in [1.82, 2.24) is 0 Å². The fourth-order valence-corrected chi connectivity index (χ4v) is 2.33. The Morgan fingerprint density at radius 2 is 1.70 bits per heavy atom. The molecule has 0 aliphatic rings. The normalized spacial score (nSPS) is 12.1. The third-order valence-corrected chi connectivity index (χ3v) is 2.64. The Bertz CT molecular complexity index is 444. The van der Waals surface area contributed by atoms with Crippen LogP contribution in [0.5, 0.6) is 5.75 Å². The van der Waals surface area contributed by atoms with Gasteiger partial charge in [-0.2, -0.15) is 0 Å². The van der Waals surface area contributed by atoms with Crippen molar-refractivity contribution in [3.05, 3.63) is 29.8 Å². The van der Waals surface area contributed by atoms with Gasteiger partial charge in [-0.1, -0.05) is 0 Å². The first-order valence-corrected chi connectivity index (χ1v) is 6.88. The Morgan fingerprint density at radius 1 is 1.15 bits per heavy atom. The Balaban J connectivity index is 2.72. The van der Waals surface area contributed by atoms with Crippen molar-refractivity contribution in [2.24, 2.45) is 5.73 Å². The fraction of sp³-hybridized carbons (Fsp3) is 0.562. The number of rotatable bonds is 6. The van der Waals surface area contributed by atoms with E-state index < -0.39 is 0 Å². The van der Waals surface area contributed by atoms with Gasteiger partial charge in [0.05, 0.1) is 12.2 Å². The lowest BCUT2D eigenvalue weighted by Gasteiger charge is -2.33. The molecule has 0 atom stereocenters. The molecular weight excluding hydrogens is 254 g/mol. The molecule has 0 aliphatic carbocycles. The maximum absolute atomic E-state index is 11.5. The van der Waals surface area contributed by atoms with E-state index >= 15 is 0 Å². The quantitative estimate of drug-likeness (QED) is 0.813. The highest BCUT2D eigenvalue weighted by molar-refractivity contribution is 5.89. The molecule has 0 amide bonds. The molecule has 0 radical (unpaired) electrons. The van der Waals surface area contributed by atoms with E-state index in [-0.39, 0.29) is 17.1 Å². The molecule has 20 heavy (non-hydrogen) atoms. The first-order valence-electron chi connectivity index (χ1n) is 6.88. The van der Waals surface area contributed by atoms with Crippen LogP contribution in [0.3, 0.4) is 0 Å². The summed E-state index contributed by atoms with van der Waals surface area (Å²) in [4.78, 5) is 11.5. The molecule has 112 valence electrons. The van der Waals surface area contributed by atoms with Gasteiger partial charge in [0.1, 0.15) is 11.4 Å². The summed E-state index contributed by atoms with van der Waals surface area (Å²) in [5.74, 6) is 0.397. The maximum Gasteiger partial charge on any atom is 0.338 e. The fourth-order valence-electron chi connectivity index (χ4n) is 2.33. The van der Waals surface area contributed by atoms with Gasteiger partial charge in [0.25, 0.3) is 0 Å². The molecule has 0 spiro atoms. The number of hydrogen-bond donors (Lipinski definition) is 1. The number of ether oxygens (including phenoxy) is 2. The van der Waals surface area contributed by atoms with Gasteiger partial charge < -0.3 is 15.2 Å². The van der Waals surface area contributed by atoms with Crippen molar-refractivity contribution >= 4 is 5.97 Å². The van der Waals surface area contributed by atoms with Gasteiger partial charge in [-0.25, -0.2) is 4.79 Å². The molecule has 0 saturated carbocycles. The molecule has 0 saturated heterocycles. The molecule has 1 aromatic rings. The number of hydrogen-bond acceptors (Lipinski definition) is 4. The van der Waals surface area contributed by atoms with E-state index in [0.717, 1.165) is 6.42 Å². The molecule has 1 aromatic carbocycles. The minimum absolute atomic E-state index is 0.297. The van der Waals surface area contributed by atoms with Crippen LogP contribution in [0, 0.1) is 0 Å². The summed E-state index contributed by atoms with van der Waals surface area (Å²) in [5, 5.41) is 0. The van der Waals surface area contributed by atoms with Gasteiger partial charge in [0.2, 0.25) is 0 Å². The lowest BCUT2D eigenvalue weighted by molar-refractivity contribution is 0.0526. The second kappa shape index (κ2) is 6.27. The zero-order valence-electron chi connectivity index (χ0n) is 13.0. The highest BCUT2D eigenvalue weighted by atomic mass is 16.5. The molecule has 2 N–H and O–H groups in total. The number of benzene rings is 1. The van der Waals surface area contributed by atoms with Gasteiger partial charge in [0, 0.05) is 12.0 Å². The van der Waals surface area contributed by atoms with Crippen molar-refractivity contribution < 1.29 is 14.3 Å².